The summed E-state index contributed by atoms with van der Waals surface area (Å²) in [6.07, 6.45) is 3.13. The molecule has 0 unspecified atom stereocenters. The molecular formula is C18H22N2. The van der Waals surface area contributed by atoms with Crippen molar-refractivity contribution in [2.24, 2.45) is 10.2 Å². The van der Waals surface area contributed by atoms with Crippen molar-refractivity contribution in [2.45, 2.75) is 40.0 Å². The van der Waals surface area contributed by atoms with Crippen molar-refractivity contribution in [3.05, 3.63) is 59.2 Å². The quantitative estimate of drug-likeness (QED) is 0.612. The van der Waals surface area contributed by atoms with Gasteiger partial charge in [-0.2, -0.15) is 10.2 Å². The Hall–Kier alpha value is -1.96. The molecule has 0 aliphatic rings. The van der Waals surface area contributed by atoms with Crippen molar-refractivity contribution in [3.8, 4) is 0 Å². The lowest BCUT2D eigenvalue weighted by Crippen LogP contribution is -1.97. The molecule has 0 N–H and O–H groups in total. The van der Waals surface area contributed by atoms with Gasteiger partial charge in [-0.15, -0.1) is 0 Å². The van der Waals surface area contributed by atoms with Crippen LogP contribution in [-0.4, -0.2) is 0 Å². The largest absolute Gasteiger partial charge is 0.151 e. The first kappa shape index (κ1) is 14.4. The number of azo groups is 1. The predicted molar refractivity (Wildman–Crippen MR) is 85.2 cm³/mol. The highest BCUT2D eigenvalue weighted by Gasteiger charge is 2.09. The smallest absolute Gasteiger partial charge is 0.0891 e. The fraction of sp³-hybridized carbons (Fsp3) is 0.333. The second kappa shape index (κ2) is 6.99. The maximum absolute atomic E-state index is 4.46. The van der Waals surface area contributed by atoms with Gasteiger partial charge in [-0.05, 0) is 54.2 Å². The molecule has 0 aromatic heterocycles. The Bertz CT molecular complexity index is 586. The van der Waals surface area contributed by atoms with E-state index in [1.165, 1.54) is 16.7 Å². The van der Waals surface area contributed by atoms with Gasteiger partial charge in [0.1, 0.15) is 0 Å². The van der Waals surface area contributed by atoms with Crippen molar-refractivity contribution in [1.29, 1.82) is 0 Å². The van der Waals surface area contributed by atoms with Gasteiger partial charge >= 0.3 is 0 Å². The van der Waals surface area contributed by atoms with Crippen LogP contribution in [-0.2, 0) is 19.3 Å². The molecule has 0 bridgehead atoms. The Morgan fingerprint density at radius 1 is 0.700 bits per heavy atom. The van der Waals surface area contributed by atoms with Gasteiger partial charge in [0.15, 0.2) is 0 Å². The first-order valence-corrected chi connectivity index (χ1v) is 7.40. The fourth-order valence-electron chi connectivity index (χ4n) is 2.60. The summed E-state index contributed by atoms with van der Waals surface area (Å²) in [6.45, 7) is 6.61. The molecule has 2 rings (SSSR count). The van der Waals surface area contributed by atoms with Crippen LogP contribution in [0.2, 0.25) is 0 Å². The highest BCUT2D eigenvalue weighted by atomic mass is 15.1. The van der Waals surface area contributed by atoms with E-state index in [-0.39, 0.29) is 0 Å². The number of benzene rings is 2. The van der Waals surface area contributed by atoms with Gasteiger partial charge in [-0.3, -0.25) is 0 Å². The minimum absolute atomic E-state index is 0.896. The van der Waals surface area contributed by atoms with E-state index < -0.39 is 0 Å². The van der Waals surface area contributed by atoms with Crippen LogP contribution in [0.25, 0.3) is 0 Å². The van der Waals surface area contributed by atoms with Gasteiger partial charge in [-0.1, -0.05) is 45.0 Å². The van der Waals surface area contributed by atoms with Crippen molar-refractivity contribution in [2.75, 3.05) is 0 Å². The van der Waals surface area contributed by atoms with Crippen LogP contribution in [0.1, 0.15) is 37.5 Å². The summed E-state index contributed by atoms with van der Waals surface area (Å²) in [6, 6.07) is 14.2. The van der Waals surface area contributed by atoms with Crippen LogP contribution < -0.4 is 0 Å². The predicted octanol–water partition coefficient (Wildman–Crippen LogP) is 5.79. The average Bonchev–Trinajstić information content (AvgIpc) is 2.52. The van der Waals surface area contributed by atoms with E-state index in [9.17, 15) is 0 Å². The molecule has 0 amide bonds. The van der Waals surface area contributed by atoms with E-state index >= 15 is 0 Å². The van der Waals surface area contributed by atoms with E-state index in [1.54, 1.807) is 0 Å². The second-order valence-electron chi connectivity index (χ2n) is 4.80. The topological polar surface area (TPSA) is 24.7 Å². The lowest BCUT2D eigenvalue weighted by Gasteiger charge is -2.13. The molecule has 0 aliphatic heterocycles. The minimum atomic E-state index is 0.896. The van der Waals surface area contributed by atoms with E-state index in [2.05, 4.69) is 43.1 Å². The third-order valence-electron chi connectivity index (χ3n) is 3.62. The third-order valence-corrected chi connectivity index (χ3v) is 3.62. The summed E-state index contributed by atoms with van der Waals surface area (Å²) in [4.78, 5) is 0. The molecular weight excluding hydrogens is 244 g/mol. The molecule has 0 fully saturated rings. The van der Waals surface area contributed by atoms with E-state index in [0.717, 1.165) is 30.6 Å². The van der Waals surface area contributed by atoms with E-state index in [4.69, 9.17) is 0 Å². The van der Waals surface area contributed by atoms with Crippen molar-refractivity contribution in [1.82, 2.24) is 0 Å². The van der Waals surface area contributed by atoms with E-state index in [0.29, 0.717) is 0 Å². The molecule has 104 valence electrons. The van der Waals surface area contributed by atoms with Crippen LogP contribution in [0, 0.1) is 0 Å². The zero-order valence-corrected chi connectivity index (χ0v) is 12.6. The molecule has 2 heteroatoms. The zero-order valence-electron chi connectivity index (χ0n) is 12.6. The summed E-state index contributed by atoms with van der Waals surface area (Å²) in [7, 11) is 0. The molecule has 0 aliphatic carbocycles. The molecule has 20 heavy (non-hydrogen) atoms. The Labute approximate surface area is 121 Å². The van der Waals surface area contributed by atoms with Crippen molar-refractivity contribution in [3.63, 3.8) is 0 Å². The van der Waals surface area contributed by atoms with Gasteiger partial charge in [0, 0.05) is 0 Å². The number of hydrogen-bond acceptors (Lipinski definition) is 2. The second-order valence-corrected chi connectivity index (χ2v) is 4.80. The maximum Gasteiger partial charge on any atom is 0.0891 e. The minimum Gasteiger partial charge on any atom is -0.151 e. The number of aryl methyl sites for hydroxylation is 1. The first-order valence-electron chi connectivity index (χ1n) is 7.40. The summed E-state index contributed by atoms with van der Waals surface area (Å²) in [5.74, 6) is 0. The van der Waals surface area contributed by atoms with Gasteiger partial charge in [-0.25, -0.2) is 0 Å². The highest BCUT2D eigenvalue weighted by Crippen LogP contribution is 2.29. The SMILES string of the molecule is CCc1ccc(N=Nc2ccccc2)c(CC)c1CC. The normalized spacial score (nSPS) is 11.2. The zero-order chi connectivity index (χ0) is 14.4. The van der Waals surface area contributed by atoms with Gasteiger partial charge < -0.3 is 0 Å². The Morgan fingerprint density at radius 2 is 1.40 bits per heavy atom. The number of hydrogen-bond donors (Lipinski definition) is 0. The summed E-state index contributed by atoms with van der Waals surface area (Å²) < 4.78 is 0. The lowest BCUT2D eigenvalue weighted by molar-refractivity contribution is 0.974. The lowest BCUT2D eigenvalue weighted by atomic mass is 9.94. The Balaban J connectivity index is 2.39. The molecule has 0 radical (unpaired) electrons. The summed E-state index contributed by atoms with van der Waals surface area (Å²) >= 11 is 0. The third kappa shape index (κ3) is 3.13. The van der Waals surface area contributed by atoms with E-state index in [1.807, 2.05) is 30.3 Å². The number of nitrogens with zero attached hydrogens (tertiary/aromatic N) is 2. The first-order chi connectivity index (χ1) is 9.80. The molecule has 0 saturated heterocycles. The van der Waals surface area contributed by atoms with Crippen LogP contribution in [0.5, 0.6) is 0 Å². The highest BCUT2D eigenvalue weighted by molar-refractivity contribution is 5.53. The molecule has 0 spiro atoms. The number of rotatable bonds is 5. The summed E-state index contributed by atoms with van der Waals surface area (Å²) in [5, 5.41) is 8.80. The molecule has 0 heterocycles. The maximum atomic E-state index is 4.46. The van der Waals surface area contributed by atoms with Crippen molar-refractivity contribution >= 4 is 11.4 Å². The summed E-state index contributed by atoms with van der Waals surface area (Å²) in [5.41, 5.74) is 6.12. The average molecular weight is 266 g/mol. The Morgan fingerprint density at radius 3 is 2.00 bits per heavy atom. The van der Waals surface area contributed by atoms with Crippen LogP contribution >= 0.6 is 0 Å². The van der Waals surface area contributed by atoms with Gasteiger partial charge in [0.2, 0.25) is 0 Å². The molecule has 2 nitrogen and oxygen atoms in total. The molecule has 0 atom stereocenters. The molecule has 2 aromatic carbocycles. The van der Waals surface area contributed by atoms with Crippen LogP contribution in [0.15, 0.2) is 52.7 Å². The standard InChI is InChI=1S/C18H22N2/c1-4-14-12-13-18(17(6-3)16(14)5-2)20-19-15-10-8-7-9-11-15/h7-13H,4-6H2,1-3H3. The van der Waals surface area contributed by atoms with Crippen molar-refractivity contribution < 1.29 is 0 Å². The molecule has 0 saturated carbocycles. The van der Waals surface area contributed by atoms with Gasteiger partial charge in [0.05, 0.1) is 11.4 Å². The fourth-order valence-corrected chi connectivity index (χ4v) is 2.60. The monoisotopic (exact) mass is 266 g/mol. The molecule has 2 aromatic rings. The van der Waals surface area contributed by atoms with Crippen LogP contribution in [0.4, 0.5) is 11.4 Å². The van der Waals surface area contributed by atoms with Crippen LogP contribution in [0.3, 0.4) is 0 Å². The van der Waals surface area contributed by atoms with Gasteiger partial charge in [0.25, 0.3) is 0 Å². The Kier molecular flexibility index (Phi) is 5.05.